The molecule has 0 N–H and O–H groups in total. The zero-order valence-electron chi connectivity index (χ0n) is 11.2. The van der Waals surface area contributed by atoms with E-state index >= 15 is 0 Å². The molecule has 20 heavy (non-hydrogen) atoms. The predicted molar refractivity (Wildman–Crippen MR) is 88.5 cm³/mol. The number of carbonyl (C=O) groups is 1. The average Bonchev–Trinajstić information content (AvgIpc) is 2.44. The first-order chi connectivity index (χ1) is 9.54. The summed E-state index contributed by atoms with van der Waals surface area (Å²) >= 11 is 11.3. The maximum Gasteiger partial charge on any atom is 0.240 e. The van der Waals surface area contributed by atoms with Gasteiger partial charge in [0.1, 0.15) is 11.7 Å². The van der Waals surface area contributed by atoms with Crippen molar-refractivity contribution in [2.24, 2.45) is 0 Å². The molecule has 1 heterocycles. The number of benzene rings is 1. The Morgan fingerprint density at radius 1 is 1.55 bits per heavy atom. The lowest BCUT2D eigenvalue weighted by Gasteiger charge is -2.28. The maximum absolute atomic E-state index is 12.0. The zero-order valence-corrected chi connectivity index (χ0v) is 14.4. The number of amides is 1. The molecule has 1 aromatic rings. The van der Waals surface area contributed by atoms with Crippen molar-refractivity contribution in [3.05, 3.63) is 34.9 Å². The van der Waals surface area contributed by atoms with Crippen LogP contribution in [0.3, 0.4) is 0 Å². The largest absolute Gasteiger partial charge is 0.483 e. The summed E-state index contributed by atoms with van der Waals surface area (Å²) in [5, 5.41) is 0.586. The highest BCUT2D eigenvalue weighted by Crippen LogP contribution is 2.33. The molecule has 6 heteroatoms. The number of halogens is 2. The third-order valence-corrected chi connectivity index (χ3v) is 4.47. The Hall–Kier alpha value is -0.650. The van der Waals surface area contributed by atoms with Crippen LogP contribution in [0, 0.1) is 0 Å². The third-order valence-electron chi connectivity index (χ3n) is 3.04. The fourth-order valence-corrected chi connectivity index (χ4v) is 3.01. The molecule has 0 fully saturated rings. The summed E-state index contributed by atoms with van der Waals surface area (Å²) in [5.41, 5.74) is 1.69. The number of allylic oxidation sites excluding steroid dienone is 1. The highest BCUT2D eigenvalue weighted by molar-refractivity contribution is 9.10. The minimum atomic E-state index is -0.154. The Kier molecular flexibility index (Phi) is 5.41. The number of alkyl halides is 1. The summed E-state index contributed by atoms with van der Waals surface area (Å²) in [6.07, 6.45) is 4.66. The first-order valence-electron chi connectivity index (χ1n) is 6.08. The fraction of sp³-hybridized carbons (Fsp3) is 0.357. The quantitative estimate of drug-likeness (QED) is 0.587. The lowest BCUT2D eigenvalue weighted by atomic mass is 10.0. The molecule has 0 spiro atoms. The van der Waals surface area contributed by atoms with Crippen LogP contribution in [0.4, 0.5) is 0 Å². The van der Waals surface area contributed by atoms with Gasteiger partial charge in [0.25, 0.3) is 0 Å². The number of nitrogens with zero attached hydrogens (tertiary/aromatic N) is 1. The molecular weight excluding hydrogens is 362 g/mol. The van der Waals surface area contributed by atoms with Crippen molar-refractivity contribution >= 4 is 50.9 Å². The SMILES string of the molecule is CSCOc1ccc(C2=CCC(Br)C(=O)N2C)c(Cl)c1. The summed E-state index contributed by atoms with van der Waals surface area (Å²) < 4.78 is 5.51. The molecule has 3 nitrogen and oxygen atoms in total. The van der Waals surface area contributed by atoms with Gasteiger partial charge >= 0.3 is 0 Å². The van der Waals surface area contributed by atoms with Gasteiger partial charge in [-0.2, -0.15) is 0 Å². The summed E-state index contributed by atoms with van der Waals surface area (Å²) in [5.74, 6) is 1.36. The number of carbonyl (C=O) groups excluding carboxylic acids is 1. The van der Waals surface area contributed by atoms with Crippen molar-refractivity contribution in [2.75, 3.05) is 19.2 Å². The molecule has 1 atom stereocenters. The molecule has 1 aliphatic heterocycles. The van der Waals surface area contributed by atoms with Gasteiger partial charge in [0.15, 0.2) is 0 Å². The van der Waals surface area contributed by atoms with Crippen molar-refractivity contribution in [3.63, 3.8) is 0 Å². The molecule has 0 aromatic heterocycles. The van der Waals surface area contributed by atoms with E-state index in [4.69, 9.17) is 16.3 Å². The number of hydrogen-bond donors (Lipinski definition) is 0. The Morgan fingerprint density at radius 3 is 2.95 bits per heavy atom. The van der Waals surface area contributed by atoms with Gasteiger partial charge in [0.05, 0.1) is 9.85 Å². The van der Waals surface area contributed by atoms with Gasteiger partial charge in [-0.25, -0.2) is 0 Å². The van der Waals surface area contributed by atoms with Gasteiger partial charge in [0.2, 0.25) is 5.91 Å². The highest BCUT2D eigenvalue weighted by Gasteiger charge is 2.27. The van der Waals surface area contributed by atoms with Crippen molar-refractivity contribution in [1.82, 2.24) is 4.90 Å². The Morgan fingerprint density at radius 2 is 2.30 bits per heavy atom. The van der Waals surface area contributed by atoms with Crippen LogP contribution >= 0.6 is 39.3 Å². The van der Waals surface area contributed by atoms with Crippen LogP contribution in [-0.2, 0) is 4.79 Å². The van der Waals surface area contributed by atoms with E-state index in [-0.39, 0.29) is 10.7 Å². The standard InChI is InChI=1S/C14H15BrClNO2S/c1-17-13(6-5-11(15)14(17)18)10-4-3-9(7-12(10)16)19-8-20-2/h3-4,6-7,11H,5,8H2,1-2H3. The van der Waals surface area contributed by atoms with Crippen LogP contribution in [0.25, 0.3) is 5.70 Å². The van der Waals surface area contributed by atoms with Gasteiger partial charge in [0, 0.05) is 18.3 Å². The third kappa shape index (κ3) is 3.32. The number of thioether (sulfide) groups is 1. The molecule has 1 aliphatic rings. The number of rotatable bonds is 4. The van der Waals surface area contributed by atoms with Gasteiger partial charge in [-0.05, 0) is 30.9 Å². The van der Waals surface area contributed by atoms with Crippen LogP contribution in [-0.4, -0.2) is 34.9 Å². The second-order valence-corrected chi connectivity index (χ2v) is 6.71. The molecule has 1 aromatic carbocycles. The smallest absolute Gasteiger partial charge is 0.240 e. The minimum absolute atomic E-state index is 0.0428. The Labute approximate surface area is 136 Å². The monoisotopic (exact) mass is 375 g/mol. The normalized spacial score (nSPS) is 19.0. The van der Waals surface area contributed by atoms with Crippen molar-refractivity contribution in [2.45, 2.75) is 11.2 Å². The lowest BCUT2D eigenvalue weighted by molar-refractivity contribution is -0.126. The van der Waals surface area contributed by atoms with Gasteiger partial charge in [-0.1, -0.05) is 33.6 Å². The maximum atomic E-state index is 12.0. The lowest BCUT2D eigenvalue weighted by Crippen LogP contribution is -2.35. The summed E-state index contributed by atoms with van der Waals surface area (Å²) in [6, 6.07) is 5.55. The average molecular weight is 377 g/mol. The van der Waals surface area contributed by atoms with Gasteiger partial charge in [-0.15, -0.1) is 11.8 Å². The summed E-state index contributed by atoms with van der Waals surface area (Å²) in [7, 11) is 1.76. The van der Waals surface area contributed by atoms with E-state index < -0.39 is 0 Å². The fourth-order valence-electron chi connectivity index (χ4n) is 1.99. The van der Waals surface area contributed by atoms with Crippen LogP contribution < -0.4 is 4.74 Å². The molecule has 0 aliphatic carbocycles. The van der Waals surface area contributed by atoms with Crippen molar-refractivity contribution in [1.29, 1.82) is 0 Å². The highest BCUT2D eigenvalue weighted by atomic mass is 79.9. The van der Waals surface area contributed by atoms with Gasteiger partial charge < -0.3 is 9.64 Å². The Bertz CT molecular complexity index is 550. The van der Waals surface area contributed by atoms with E-state index in [1.807, 2.05) is 24.5 Å². The van der Waals surface area contributed by atoms with E-state index in [0.29, 0.717) is 17.4 Å². The molecule has 0 bridgehead atoms. The minimum Gasteiger partial charge on any atom is -0.483 e. The van der Waals surface area contributed by atoms with E-state index in [1.54, 1.807) is 29.8 Å². The molecule has 0 radical (unpaired) electrons. The number of ether oxygens (including phenoxy) is 1. The molecule has 0 saturated heterocycles. The second kappa shape index (κ2) is 6.87. The molecule has 1 amide bonds. The molecule has 0 saturated carbocycles. The molecular formula is C14H15BrClNO2S. The first kappa shape index (κ1) is 15.7. The van der Waals surface area contributed by atoms with Gasteiger partial charge in [-0.3, -0.25) is 4.79 Å². The first-order valence-corrected chi connectivity index (χ1v) is 8.76. The summed E-state index contributed by atoms with van der Waals surface area (Å²) in [4.78, 5) is 13.5. The van der Waals surface area contributed by atoms with E-state index in [0.717, 1.165) is 17.0 Å². The van der Waals surface area contributed by atoms with Crippen LogP contribution in [0.1, 0.15) is 12.0 Å². The number of hydrogen-bond acceptors (Lipinski definition) is 3. The topological polar surface area (TPSA) is 29.5 Å². The van der Waals surface area contributed by atoms with Crippen molar-refractivity contribution in [3.8, 4) is 5.75 Å². The van der Waals surface area contributed by atoms with E-state index in [1.165, 1.54) is 0 Å². The molecule has 2 rings (SSSR count). The summed E-state index contributed by atoms with van der Waals surface area (Å²) in [6.45, 7) is 0. The van der Waals surface area contributed by atoms with Crippen LogP contribution in [0.2, 0.25) is 5.02 Å². The predicted octanol–water partition coefficient (Wildman–Crippen LogP) is 4.01. The Balaban J connectivity index is 2.27. The molecule has 108 valence electrons. The van der Waals surface area contributed by atoms with E-state index in [9.17, 15) is 4.79 Å². The van der Waals surface area contributed by atoms with E-state index in [2.05, 4.69) is 15.9 Å². The second-order valence-electron chi connectivity index (χ2n) is 4.38. The zero-order chi connectivity index (χ0) is 14.7. The van der Waals surface area contributed by atoms with Crippen molar-refractivity contribution < 1.29 is 9.53 Å². The van der Waals surface area contributed by atoms with Crippen LogP contribution in [0.15, 0.2) is 24.3 Å². The molecule has 1 unspecified atom stereocenters. The van der Waals surface area contributed by atoms with Crippen LogP contribution in [0.5, 0.6) is 5.75 Å².